The lowest BCUT2D eigenvalue weighted by molar-refractivity contribution is 0.428. The smallest absolute Gasteiger partial charge is 0.304 e. The van der Waals surface area contributed by atoms with Crippen LogP contribution in [-0.2, 0) is 20.0 Å². The summed E-state index contributed by atoms with van der Waals surface area (Å²) < 4.78 is 58.5. The van der Waals surface area contributed by atoms with Crippen LogP contribution in [0.1, 0.15) is 18.0 Å². The van der Waals surface area contributed by atoms with Crippen molar-refractivity contribution in [2.24, 2.45) is 0 Å². The van der Waals surface area contributed by atoms with E-state index < -0.39 is 26.1 Å². The van der Waals surface area contributed by atoms with E-state index in [-0.39, 0.29) is 25.3 Å². The second-order valence-corrected chi connectivity index (χ2v) is 12.4. The monoisotopic (exact) mass is 522 g/mol. The highest BCUT2D eigenvalue weighted by molar-refractivity contribution is 7.91. The number of nitrogens with zero attached hydrogens (tertiary/aromatic N) is 4. The van der Waals surface area contributed by atoms with E-state index in [4.69, 9.17) is 16.3 Å². The predicted molar refractivity (Wildman–Crippen MR) is 130 cm³/mol. The van der Waals surface area contributed by atoms with Crippen LogP contribution in [-0.4, -0.2) is 56.2 Å². The summed E-state index contributed by atoms with van der Waals surface area (Å²) in [5.74, 6) is 0.712. The van der Waals surface area contributed by atoms with Crippen LogP contribution < -0.4 is 9.04 Å². The molecular formula is C22H23ClN4O5S2. The third-order valence-corrected chi connectivity index (χ3v) is 8.47. The van der Waals surface area contributed by atoms with Crippen molar-refractivity contribution in [1.82, 2.24) is 14.3 Å². The van der Waals surface area contributed by atoms with Crippen molar-refractivity contribution in [2.45, 2.75) is 12.5 Å². The van der Waals surface area contributed by atoms with E-state index in [0.29, 0.717) is 27.9 Å². The summed E-state index contributed by atoms with van der Waals surface area (Å²) in [5, 5.41) is 0.487. The zero-order valence-electron chi connectivity index (χ0n) is 18.3. The van der Waals surface area contributed by atoms with E-state index >= 15 is 0 Å². The Kier molecular flexibility index (Phi) is 7.08. The minimum absolute atomic E-state index is 0.0891. The van der Waals surface area contributed by atoms with Crippen molar-refractivity contribution in [2.75, 3.05) is 29.4 Å². The van der Waals surface area contributed by atoms with Crippen molar-refractivity contribution in [3.05, 3.63) is 77.7 Å². The molecule has 4 rings (SSSR count). The molecule has 0 bridgehead atoms. The first-order valence-corrected chi connectivity index (χ1v) is 14.2. The molecule has 180 valence electrons. The molecule has 0 aliphatic carbocycles. The molecule has 9 nitrogen and oxygen atoms in total. The minimum atomic E-state index is -3.91. The Morgan fingerprint density at radius 1 is 1.15 bits per heavy atom. The van der Waals surface area contributed by atoms with Crippen molar-refractivity contribution in [3.63, 3.8) is 0 Å². The molecule has 1 fully saturated rings. The number of benzene rings is 2. The van der Waals surface area contributed by atoms with E-state index in [1.165, 1.54) is 27.2 Å². The summed E-state index contributed by atoms with van der Waals surface area (Å²) in [6, 6.07) is 13.1. The van der Waals surface area contributed by atoms with E-state index in [2.05, 4.69) is 9.97 Å². The number of halogens is 1. The highest BCUT2D eigenvalue weighted by atomic mass is 35.5. The van der Waals surface area contributed by atoms with Gasteiger partial charge in [-0.2, -0.15) is 12.7 Å². The molecule has 34 heavy (non-hydrogen) atoms. The van der Waals surface area contributed by atoms with Gasteiger partial charge in [-0.25, -0.2) is 17.7 Å². The van der Waals surface area contributed by atoms with Crippen LogP contribution in [0.25, 0.3) is 0 Å². The van der Waals surface area contributed by atoms with Gasteiger partial charge >= 0.3 is 10.2 Å². The zero-order chi connectivity index (χ0) is 24.3. The largest absolute Gasteiger partial charge is 0.437 e. The van der Waals surface area contributed by atoms with Crippen LogP contribution in [0.3, 0.4) is 0 Å². The summed E-state index contributed by atoms with van der Waals surface area (Å²) in [4.78, 5) is 8.08. The average molecular weight is 523 g/mol. The molecule has 1 aliphatic rings. The number of aromatic nitrogens is 2. The van der Waals surface area contributed by atoms with Crippen molar-refractivity contribution in [3.8, 4) is 11.6 Å². The molecule has 3 aromatic rings. The van der Waals surface area contributed by atoms with Gasteiger partial charge in [0, 0.05) is 36.8 Å². The number of hydrogen-bond donors (Lipinski definition) is 0. The standard InChI is InChI=1S/C22H23ClN4O5S2/c1-33(28,29)13-3-12-26-16-21(27(34(26,30)31)19-8-6-18(23)7-9-19)17-4-2-5-20(14-17)32-22-15-24-10-11-25-22/h2,4-11,14-15,21H,3,12-13,16H2,1H3/t21-/m1/s1. The fraction of sp³-hybridized carbons (Fsp3) is 0.273. The van der Waals surface area contributed by atoms with Crippen LogP contribution in [0.15, 0.2) is 67.1 Å². The fourth-order valence-electron chi connectivity index (χ4n) is 3.74. The molecule has 1 saturated heterocycles. The second-order valence-electron chi connectivity index (χ2n) is 7.86. The Morgan fingerprint density at radius 3 is 2.59 bits per heavy atom. The molecule has 0 spiro atoms. The van der Waals surface area contributed by atoms with Crippen LogP contribution in [0.4, 0.5) is 5.69 Å². The Hall–Kier alpha value is -2.73. The number of rotatable bonds is 8. The highest BCUT2D eigenvalue weighted by Gasteiger charge is 2.44. The number of hydrogen-bond acceptors (Lipinski definition) is 7. The van der Waals surface area contributed by atoms with Gasteiger partial charge in [-0.15, -0.1) is 0 Å². The second kappa shape index (κ2) is 9.87. The zero-order valence-corrected chi connectivity index (χ0v) is 20.7. The average Bonchev–Trinajstić information content (AvgIpc) is 3.05. The van der Waals surface area contributed by atoms with E-state index in [9.17, 15) is 16.8 Å². The van der Waals surface area contributed by atoms with Crippen LogP contribution in [0.5, 0.6) is 11.6 Å². The first-order valence-electron chi connectivity index (χ1n) is 10.4. The molecular weight excluding hydrogens is 500 g/mol. The van der Waals surface area contributed by atoms with Gasteiger partial charge in [-0.3, -0.25) is 4.98 Å². The normalized spacial score (nSPS) is 18.2. The Balaban J connectivity index is 1.67. The summed E-state index contributed by atoms with van der Waals surface area (Å²) >= 11 is 6.02. The Morgan fingerprint density at radius 2 is 1.91 bits per heavy atom. The molecule has 0 unspecified atom stereocenters. The van der Waals surface area contributed by atoms with E-state index in [1.807, 2.05) is 6.07 Å². The van der Waals surface area contributed by atoms with Gasteiger partial charge < -0.3 is 4.74 Å². The number of sulfone groups is 1. The first-order chi connectivity index (χ1) is 16.1. The fourth-order valence-corrected chi connectivity index (χ4v) is 6.36. The van der Waals surface area contributed by atoms with Crippen molar-refractivity contribution < 1.29 is 21.6 Å². The lowest BCUT2D eigenvalue weighted by Crippen LogP contribution is -2.34. The summed E-state index contributed by atoms with van der Waals surface area (Å²) in [5.41, 5.74) is 1.17. The maximum atomic E-state index is 13.5. The van der Waals surface area contributed by atoms with Crippen LogP contribution in [0, 0.1) is 0 Å². The first kappa shape index (κ1) is 24.4. The Labute approximate surface area is 204 Å². The van der Waals surface area contributed by atoms with E-state index in [1.54, 1.807) is 42.5 Å². The molecule has 1 aliphatic heterocycles. The lowest BCUT2D eigenvalue weighted by atomic mass is 10.1. The molecule has 0 N–H and O–H groups in total. The molecule has 1 atom stereocenters. The maximum Gasteiger partial charge on any atom is 0.304 e. The quantitative estimate of drug-likeness (QED) is 0.445. The van der Waals surface area contributed by atoms with Gasteiger partial charge in [-0.05, 0) is 48.4 Å². The highest BCUT2D eigenvalue weighted by Crippen LogP contribution is 2.39. The Bertz CT molecular complexity index is 1350. The predicted octanol–water partition coefficient (Wildman–Crippen LogP) is 3.47. The number of ether oxygens (including phenoxy) is 1. The molecule has 0 amide bonds. The maximum absolute atomic E-state index is 13.5. The lowest BCUT2D eigenvalue weighted by Gasteiger charge is -2.25. The molecule has 0 saturated carbocycles. The molecule has 2 aromatic carbocycles. The van der Waals surface area contributed by atoms with Gasteiger partial charge in [0.1, 0.15) is 15.6 Å². The molecule has 0 radical (unpaired) electrons. The molecule has 12 heteroatoms. The summed E-state index contributed by atoms with van der Waals surface area (Å²) in [6.45, 7) is 0.245. The number of anilines is 1. The van der Waals surface area contributed by atoms with Gasteiger partial charge in [0.15, 0.2) is 0 Å². The van der Waals surface area contributed by atoms with Crippen molar-refractivity contribution >= 4 is 37.3 Å². The summed E-state index contributed by atoms with van der Waals surface area (Å²) in [7, 11) is -7.12. The SMILES string of the molecule is CS(=O)(=O)CCCN1C[C@H](c2cccc(Oc3cnccn3)c2)N(c2ccc(Cl)cc2)S1(=O)=O. The van der Waals surface area contributed by atoms with Gasteiger partial charge in [0.2, 0.25) is 5.88 Å². The van der Waals surface area contributed by atoms with Gasteiger partial charge in [0.25, 0.3) is 0 Å². The third-order valence-electron chi connectivity index (χ3n) is 5.24. The van der Waals surface area contributed by atoms with Gasteiger partial charge in [0.05, 0.1) is 23.7 Å². The van der Waals surface area contributed by atoms with Crippen LogP contribution in [0.2, 0.25) is 5.02 Å². The minimum Gasteiger partial charge on any atom is -0.437 e. The summed E-state index contributed by atoms with van der Waals surface area (Å²) in [6.07, 6.45) is 5.87. The van der Waals surface area contributed by atoms with Gasteiger partial charge in [-0.1, -0.05) is 23.7 Å². The third kappa shape index (κ3) is 5.66. The molecule has 1 aromatic heterocycles. The van der Waals surface area contributed by atoms with E-state index in [0.717, 1.165) is 6.26 Å². The van der Waals surface area contributed by atoms with Crippen molar-refractivity contribution in [1.29, 1.82) is 0 Å². The molecule has 2 heterocycles. The topological polar surface area (TPSA) is 110 Å². The van der Waals surface area contributed by atoms with Crippen LogP contribution >= 0.6 is 11.6 Å².